The van der Waals surface area contributed by atoms with E-state index in [1.807, 2.05) is 0 Å². The molecule has 0 amide bonds. The fraction of sp³-hybridized carbons (Fsp3) is 0.0400. The van der Waals surface area contributed by atoms with Gasteiger partial charge in [0.15, 0.2) is 0 Å². The van der Waals surface area contributed by atoms with Gasteiger partial charge in [-0.25, -0.2) is 16.8 Å². The molecular weight excluding hydrogens is 488 g/mol. The quantitative estimate of drug-likeness (QED) is 0.261. The molecular formula is C25H22N2O6S2. The number of benzene rings is 4. The summed E-state index contributed by atoms with van der Waals surface area (Å²) >= 11 is 0. The number of aromatic hydroxyl groups is 2. The van der Waals surface area contributed by atoms with Gasteiger partial charge >= 0.3 is 0 Å². The second kappa shape index (κ2) is 9.69. The molecule has 0 saturated carbocycles. The maximum Gasteiger partial charge on any atom is 0.261 e. The van der Waals surface area contributed by atoms with Crippen molar-refractivity contribution in [3.8, 4) is 11.5 Å². The average molecular weight is 511 g/mol. The minimum atomic E-state index is -3.79. The molecule has 4 aromatic rings. The van der Waals surface area contributed by atoms with E-state index in [9.17, 15) is 27.0 Å². The standard InChI is InChI=1S/C25H22N2O6S2/c28-22-9-5-20(6-10-22)26-34(30,31)24-13-1-18(2-14-24)17-19-3-15-25(16-4-19)35(32,33)27-21-7-11-23(29)12-8-21/h1-16,26-29H,17H2. The Morgan fingerprint density at radius 2 is 0.800 bits per heavy atom. The van der Waals surface area contributed by atoms with Crippen molar-refractivity contribution in [1.82, 2.24) is 0 Å². The van der Waals surface area contributed by atoms with Gasteiger partial charge in [-0.2, -0.15) is 0 Å². The molecule has 0 atom stereocenters. The van der Waals surface area contributed by atoms with Gasteiger partial charge in [-0.15, -0.1) is 0 Å². The molecule has 4 aromatic carbocycles. The largest absolute Gasteiger partial charge is 0.508 e. The molecule has 0 spiro atoms. The van der Waals surface area contributed by atoms with Crippen molar-refractivity contribution in [2.45, 2.75) is 16.2 Å². The third kappa shape index (κ3) is 6.11. The lowest BCUT2D eigenvalue weighted by molar-refractivity contribution is 0.475. The SMILES string of the molecule is O=S(=O)(Nc1ccc(O)cc1)c1ccc(Cc2ccc(S(=O)(=O)Nc3ccc(O)cc3)cc2)cc1. The van der Waals surface area contributed by atoms with Crippen LogP contribution in [0.25, 0.3) is 0 Å². The van der Waals surface area contributed by atoms with Crippen molar-refractivity contribution in [3.63, 3.8) is 0 Å². The van der Waals surface area contributed by atoms with Crippen LogP contribution in [0.2, 0.25) is 0 Å². The molecule has 4 rings (SSSR count). The van der Waals surface area contributed by atoms with E-state index in [2.05, 4.69) is 9.44 Å². The molecule has 0 aliphatic heterocycles. The number of phenols is 2. The molecule has 180 valence electrons. The topological polar surface area (TPSA) is 133 Å². The summed E-state index contributed by atoms with van der Waals surface area (Å²) in [6.07, 6.45) is 0.484. The molecule has 0 fully saturated rings. The smallest absolute Gasteiger partial charge is 0.261 e. The van der Waals surface area contributed by atoms with Crippen LogP contribution in [-0.4, -0.2) is 27.0 Å². The first-order valence-corrected chi connectivity index (χ1v) is 13.4. The third-order valence-electron chi connectivity index (χ3n) is 5.11. The van der Waals surface area contributed by atoms with E-state index in [0.29, 0.717) is 17.8 Å². The van der Waals surface area contributed by atoms with Gasteiger partial charge in [-0.3, -0.25) is 9.44 Å². The number of anilines is 2. The normalized spacial score (nSPS) is 11.7. The number of rotatable bonds is 8. The highest BCUT2D eigenvalue weighted by Gasteiger charge is 2.16. The van der Waals surface area contributed by atoms with Crippen LogP contribution in [0.15, 0.2) is 107 Å². The lowest BCUT2D eigenvalue weighted by Crippen LogP contribution is -2.13. The van der Waals surface area contributed by atoms with Crippen molar-refractivity contribution >= 4 is 31.4 Å². The summed E-state index contributed by atoms with van der Waals surface area (Å²) in [6, 6.07) is 24.2. The summed E-state index contributed by atoms with van der Waals surface area (Å²) in [6.45, 7) is 0. The Balaban J connectivity index is 1.42. The van der Waals surface area contributed by atoms with E-state index in [-0.39, 0.29) is 21.3 Å². The second-order valence-electron chi connectivity index (χ2n) is 7.77. The van der Waals surface area contributed by atoms with Crippen molar-refractivity contribution in [2.75, 3.05) is 9.44 Å². The van der Waals surface area contributed by atoms with Gasteiger partial charge in [0.2, 0.25) is 0 Å². The molecule has 4 N–H and O–H groups in total. The van der Waals surface area contributed by atoms with Crippen LogP contribution in [0.1, 0.15) is 11.1 Å². The third-order valence-corrected chi connectivity index (χ3v) is 7.91. The Bertz CT molecular complexity index is 1400. The fourth-order valence-corrected chi connectivity index (χ4v) is 5.41. The van der Waals surface area contributed by atoms with Gasteiger partial charge < -0.3 is 10.2 Å². The second-order valence-corrected chi connectivity index (χ2v) is 11.1. The van der Waals surface area contributed by atoms with E-state index < -0.39 is 20.0 Å². The molecule has 0 bridgehead atoms. The molecule has 0 saturated heterocycles. The summed E-state index contributed by atoms with van der Waals surface area (Å²) in [5.41, 5.74) is 2.38. The number of phenolic OH excluding ortho intramolecular Hbond substituents is 2. The first kappa shape index (κ1) is 24.1. The van der Waals surface area contributed by atoms with E-state index in [1.54, 1.807) is 24.3 Å². The minimum absolute atomic E-state index is 0.0385. The van der Waals surface area contributed by atoms with Crippen LogP contribution in [0.3, 0.4) is 0 Å². The van der Waals surface area contributed by atoms with Crippen molar-refractivity contribution < 1.29 is 27.0 Å². The van der Waals surface area contributed by atoms with Crippen LogP contribution in [0, 0.1) is 0 Å². The molecule has 35 heavy (non-hydrogen) atoms. The summed E-state index contributed by atoms with van der Waals surface area (Å²) in [5, 5.41) is 18.7. The summed E-state index contributed by atoms with van der Waals surface area (Å²) < 4.78 is 55.3. The molecule has 0 aliphatic carbocycles. The molecule has 0 unspecified atom stereocenters. The Hall–Kier alpha value is -4.02. The summed E-state index contributed by atoms with van der Waals surface area (Å²) in [7, 11) is -7.57. The highest BCUT2D eigenvalue weighted by atomic mass is 32.2. The van der Waals surface area contributed by atoms with Gasteiger partial charge in [0.05, 0.1) is 9.79 Å². The number of hydrogen-bond acceptors (Lipinski definition) is 6. The Labute approximate surface area is 203 Å². The number of sulfonamides is 2. The van der Waals surface area contributed by atoms with Crippen LogP contribution >= 0.6 is 0 Å². The predicted octanol–water partition coefficient (Wildman–Crippen LogP) is 4.29. The minimum Gasteiger partial charge on any atom is -0.508 e. The molecule has 0 aromatic heterocycles. The highest BCUT2D eigenvalue weighted by molar-refractivity contribution is 7.93. The van der Waals surface area contributed by atoms with Gasteiger partial charge in [0, 0.05) is 11.4 Å². The molecule has 0 heterocycles. The maximum absolute atomic E-state index is 12.6. The van der Waals surface area contributed by atoms with Crippen LogP contribution < -0.4 is 9.44 Å². The number of hydrogen-bond donors (Lipinski definition) is 4. The molecule has 0 radical (unpaired) electrons. The van der Waals surface area contributed by atoms with Crippen molar-refractivity contribution in [2.24, 2.45) is 0 Å². The first-order valence-electron chi connectivity index (χ1n) is 10.4. The van der Waals surface area contributed by atoms with E-state index >= 15 is 0 Å². The maximum atomic E-state index is 12.6. The zero-order valence-electron chi connectivity index (χ0n) is 18.3. The number of nitrogens with one attached hydrogen (secondary N) is 2. The van der Waals surface area contributed by atoms with Gasteiger partial charge in [0.25, 0.3) is 20.0 Å². The summed E-state index contributed by atoms with van der Waals surface area (Å²) in [5.74, 6) is 0.0769. The fourth-order valence-electron chi connectivity index (χ4n) is 3.30. The monoisotopic (exact) mass is 510 g/mol. The van der Waals surface area contributed by atoms with E-state index in [0.717, 1.165) is 11.1 Å². The molecule has 0 aliphatic rings. The van der Waals surface area contributed by atoms with Gasteiger partial charge in [-0.05, 0) is 90.3 Å². The van der Waals surface area contributed by atoms with Crippen LogP contribution in [0.5, 0.6) is 11.5 Å². The van der Waals surface area contributed by atoms with Crippen molar-refractivity contribution in [1.29, 1.82) is 0 Å². The lowest BCUT2D eigenvalue weighted by Gasteiger charge is -2.10. The van der Waals surface area contributed by atoms with E-state index in [1.165, 1.54) is 72.8 Å². The van der Waals surface area contributed by atoms with Gasteiger partial charge in [0.1, 0.15) is 11.5 Å². The Kier molecular flexibility index (Phi) is 6.68. The van der Waals surface area contributed by atoms with E-state index in [4.69, 9.17) is 0 Å². The average Bonchev–Trinajstić information content (AvgIpc) is 2.82. The predicted molar refractivity (Wildman–Crippen MR) is 134 cm³/mol. The zero-order valence-corrected chi connectivity index (χ0v) is 19.9. The van der Waals surface area contributed by atoms with Crippen LogP contribution in [0.4, 0.5) is 11.4 Å². The zero-order chi connectivity index (χ0) is 25.1. The first-order chi connectivity index (χ1) is 16.6. The van der Waals surface area contributed by atoms with Crippen LogP contribution in [-0.2, 0) is 26.5 Å². The highest BCUT2D eigenvalue weighted by Crippen LogP contribution is 2.22. The molecule has 8 nitrogen and oxygen atoms in total. The van der Waals surface area contributed by atoms with Crippen molar-refractivity contribution in [3.05, 3.63) is 108 Å². The Morgan fingerprint density at radius 3 is 1.11 bits per heavy atom. The van der Waals surface area contributed by atoms with Gasteiger partial charge in [-0.1, -0.05) is 24.3 Å². The Morgan fingerprint density at radius 1 is 0.486 bits per heavy atom. The summed E-state index contributed by atoms with van der Waals surface area (Å²) in [4.78, 5) is 0.187. The lowest BCUT2D eigenvalue weighted by atomic mass is 10.1. The molecule has 10 heteroatoms.